The molecule has 0 radical (unpaired) electrons. The fraction of sp³-hybridized carbons (Fsp3) is 0.533. The average Bonchev–Trinajstić information content (AvgIpc) is 2.44. The first-order chi connectivity index (χ1) is 9.19. The van der Waals surface area contributed by atoms with Crippen LogP contribution in [0.4, 0.5) is 0 Å². The molecule has 19 heavy (non-hydrogen) atoms. The Hall–Kier alpha value is -1.39. The van der Waals surface area contributed by atoms with Crippen LogP contribution in [0, 0.1) is 0 Å². The molecule has 0 aliphatic heterocycles. The molecule has 1 aromatic rings. The second-order valence-electron chi connectivity index (χ2n) is 4.78. The number of carbonyl (C=O) groups excluding carboxylic acids is 1. The molecule has 0 heterocycles. The van der Waals surface area contributed by atoms with Crippen LogP contribution in [0.2, 0.25) is 0 Å². The summed E-state index contributed by atoms with van der Waals surface area (Å²) in [6.07, 6.45) is 2.45. The number of carbonyl (C=O) groups is 1. The molecule has 1 aromatic carbocycles. The van der Waals surface area contributed by atoms with Gasteiger partial charge in [-0.25, -0.2) is 0 Å². The quantitative estimate of drug-likeness (QED) is 0.746. The van der Waals surface area contributed by atoms with Crippen molar-refractivity contribution in [1.82, 2.24) is 4.90 Å². The smallest absolute Gasteiger partial charge is 0.239 e. The Kier molecular flexibility index (Phi) is 7.15. The van der Waals surface area contributed by atoms with Crippen molar-refractivity contribution >= 4 is 5.91 Å². The Morgan fingerprint density at radius 2 is 2.00 bits per heavy atom. The normalized spacial score (nSPS) is 12.2. The van der Waals surface area contributed by atoms with Crippen molar-refractivity contribution in [3.05, 3.63) is 35.9 Å². The van der Waals surface area contributed by atoms with Gasteiger partial charge in [0.2, 0.25) is 5.91 Å². The molecule has 4 heteroatoms. The number of rotatable bonds is 8. The van der Waals surface area contributed by atoms with Crippen molar-refractivity contribution in [1.29, 1.82) is 0 Å². The summed E-state index contributed by atoms with van der Waals surface area (Å²) in [6, 6.07) is 9.58. The van der Waals surface area contributed by atoms with Crippen LogP contribution in [-0.4, -0.2) is 29.9 Å². The van der Waals surface area contributed by atoms with Gasteiger partial charge in [-0.2, -0.15) is 0 Å². The van der Waals surface area contributed by atoms with E-state index in [1.165, 1.54) is 0 Å². The first-order valence-electron chi connectivity index (χ1n) is 6.97. The van der Waals surface area contributed by atoms with E-state index in [-0.39, 0.29) is 5.91 Å². The van der Waals surface area contributed by atoms with Crippen molar-refractivity contribution < 1.29 is 4.79 Å². The van der Waals surface area contributed by atoms with Crippen LogP contribution in [-0.2, 0) is 11.3 Å². The lowest BCUT2D eigenvalue weighted by atomic mass is 10.1. The second-order valence-corrected chi connectivity index (χ2v) is 4.78. The van der Waals surface area contributed by atoms with Crippen LogP contribution in [0.25, 0.3) is 0 Å². The van der Waals surface area contributed by atoms with E-state index in [2.05, 4.69) is 0 Å². The maximum atomic E-state index is 12.3. The molecule has 0 saturated heterocycles. The van der Waals surface area contributed by atoms with Crippen molar-refractivity contribution in [3.63, 3.8) is 0 Å². The third kappa shape index (κ3) is 5.41. The SMILES string of the molecule is CCCC(N)C(=O)N(CCCN)Cc1ccccc1. The molecule has 1 atom stereocenters. The minimum absolute atomic E-state index is 0.0270. The zero-order valence-corrected chi connectivity index (χ0v) is 11.7. The Labute approximate surface area is 115 Å². The first-order valence-corrected chi connectivity index (χ1v) is 6.97. The van der Waals surface area contributed by atoms with Gasteiger partial charge < -0.3 is 16.4 Å². The third-order valence-corrected chi connectivity index (χ3v) is 3.08. The number of benzene rings is 1. The van der Waals surface area contributed by atoms with Gasteiger partial charge in [-0.15, -0.1) is 0 Å². The van der Waals surface area contributed by atoms with Gasteiger partial charge in [0.25, 0.3) is 0 Å². The van der Waals surface area contributed by atoms with E-state index < -0.39 is 6.04 Å². The van der Waals surface area contributed by atoms with Crippen LogP contribution < -0.4 is 11.5 Å². The number of hydrogen-bond acceptors (Lipinski definition) is 3. The lowest BCUT2D eigenvalue weighted by Crippen LogP contribution is -2.44. The minimum Gasteiger partial charge on any atom is -0.337 e. The van der Waals surface area contributed by atoms with Crippen molar-refractivity contribution in [3.8, 4) is 0 Å². The van der Waals surface area contributed by atoms with E-state index in [4.69, 9.17) is 11.5 Å². The van der Waals surface area contributed by atoms with E-state index >= 15 is 0 Å². The molecule has 0 aliphatic rings. The maximum absolute atomic E-state index is 12.3. The van der Waals surface area contributed by atoms with Crippen LogP contribution >= 0.6 is 0 Å². The Balaban J connectivity index is 2.68. The molecule has 0 bridgehead atoms. The molecule has 1 unspecified atom stereocenters. The van der Waals surface area contributed by atoms with Gasteiger partial charge in [0.1, 0.15) is 0 Å². The molecule has 4 nitrogen and oxygen atoms in total. The predicted molar refractivity (Wildman–Crippen MR) is 78.4 cm³/mol. The summed E-state index contributed by atoms with van der Waals surface area (Å²) in [7, 11) is 0. The van der Waals surface area contributed by atoms with Crippen LogP contribution in [0.1, 0.15) is 31.7 Å². The fourth-order valence-corrected chi connectivity index (χ4v) is 2.02. The maximum Gasteiger partial charge on any atom is 0.239 e. The Bertz CT molecular complexity index is 367. The Morgan fingerprint density at radius 1 is 1.32 bits per heavy atom. The van der Waals surface area contributed by atoms with Gasteiger partial charge in [0.15, 0.2) is 0 Å². The highest BCUT2D eigenvalue weighted by molar-refractivity contribution is 5.81. The molecule has 106 valence electrons. The van der Waals surface area contributed by atoms with E-state index in [1.807, 2.05) is 42.2 Å². The topological polar surface area (TPSA) is 72.4 Å². The largest absolute Gasteiger partial charge is 0.337 e. The zero-order valence-electron chi connectivity index (χ0n) is 11.7. The van der Waals surface area contributed by atoms with E-state index in [9.17, 15) is 4.79 Å². The minimum atomic E-state index is -0.397. The first kappa shape index (κ1) is 15.7. The summed E-state index contributed by atoms with van der Waals surface area (Å²) >= 11 is 0. The predicted octanol–water partition coefficient (Wildman–Crippen LogP) is 1.49. The van der Waals surface area contributed by atoms with Gasteiger partial charge in [0.05, 0.1) is 6.04 Å². The van der Waals surface area contributed by atoms with Crippen LogP contribution in [0.5, 0.6) is 0 Å². The average molecular weight is 263 g/mol. The summed E-state index contributed by atoms with van der Waals surface area (Å²) in [5, 5.41) is 0. The summed E-state index contributed by atoms with van der Waals surface area (Å²) < 4.78 is 0. The summed E-state index contributed by atoms with van der Waals surface area (Å²) in [6.45, 7) is 3.90. The summed E-state index contributed by atoms with van der Waals surface area (Å²) in [5.41, 5.74) is 12.6. The van der Waals surface area contributed by atoms with Crippen molar-refractivity contribution in [2.45, 2.75) is 38.8 Å². The number of nitrogens with zero attached hydrogens (tertiary/aromatic N) is 1. The fourth-order valence-electron chi connectivity index (χ4n) is 2.02. The molecule has 0 fully saturated rings. The van der Waals surface area contributed by atoms with Gasteiger partial charge >= 0.3 is 0 Å². The second kappa shape index (κ2) is 8.67. The van der Waals surface area contributed by atoms with Gasteiger partial charge in [-0.05, 0) is 24.9 Å². The molecule has 0 aromatic heterocycles. The highest BCUT2D eigenvalue weighted by atomic mass is 16.2. The van der Waals surface area contributed by atoms with Gasteiger partial charge in [-0.3, -0.25) is 4.79 Å². The van der Waals surface area contributed by atoms with Crippen molar-refractivity contribution in [2.24, 2.45) is 11.5 Å². The highest BCUT2D eigenvalue weighted by Crippen LogP contribution is 2.08. The van der Waals surface area contributed by atoms with Gasteiger partial charge in [0, 0.05) is 13.1 Å². The van der Waals surface area contributed by atoms with E-state index in [0.29, 0.717) is 19.6 Å². The zero-order chi connectivity index (χ0) is 14.1. The molecule has 1 rings (SSSR count). The van der Waals surface area contributed by atoms with E-state index in [0.717, 1.165) is 24.8 Å². The van der Waals surface area contributed by atoms with Crippen molar-refractivity contribution in [2.75, 3.05) is 13.1 Å². The molecular weight excluding hydrogens is 238 g/mol. The van der Waals surface area contributed by atoms with Crippen LogP contribution in [0.3, 0.4) is 0 Å². The van der Waals surface area contributed by atoms with Gasteiger partial charge in [-0.1, -0.05) is 43.7 Å². The van der Waals surface area contributed by atoms with Crippen LogP contribution in [0.15, 0.2) is 30.3 Å². The monoisotopic (exact) mass is 263 g/mol. The lowest BCUT2D eigenvalue weighted by molar-refractivity contribution is -0.133. The molecular formula is C15H25N3O. The Morgan fingerprint density at radius 3 is 2.58 bits per heavy atom. The van der Waals surface area contributed by atoms with E-state index in [1.54, 1.807) is 0 Å². The molecule has 4 N–H and O–H groups in total. The number of nitrogens with two attached hydrogens (primary N) is 2. The number of amides is 1. The molecule has 0 aliphatic carbocycles. The number of hydrogen-bond donors (Lipinski definition) is 2. The molecule has 0 saturated carbocycles. The molecule has 0 spiro atoms. The lowest BCUT2D eigenvalue weighted by Gasteiger charge is -2.25. The highest BCUT2D eigenvalue weighted by Gasteiger charge is 2.19. The molecule has 1 amide bonds. The summed E-state index contributed by atoms with van der Waals surface area (Å²) in [4.78, 5) is 14.1. The summed E-state index contributed by atoms with van der Waals surface area (Å²) in [5.74, 6) is 0.0270. The standard InChI is InChI=1S/C15H25N3O/c1-2-7-14(17)15(19)18(11-6-10-16)12-13-8-4-3-5-9-13/h3-5,8-9,14H,2,6-7,10-12,16-17H2,1H3. The third-order valence-electron chi connectivity index (χ3n) is 3.08.